The lowest BCUT2D eigenvalue weighted by molar-refractivity contribution is -0.141. The smallest absolute Gasteiger partial charge is 0.327 e. The van der Waals surface area contributed by atoms with Crippen LogP contribution in [0.25, 0.3) is 0 Å². The molecule has 1 N–H and O–H groups in total. The van der Waals surface area contributed by atoms with Crippen LogP contribution in [0.15, 0.2) is 24.3 Å². The highest BCUT2D eigenvalue weighted by Gasteiger charge is 2.15. The summed E-state index contributed by atoms with van der Waals surface area (Å²) in [7, 11) is 1.33. The molecule has 0 saturated heterocycles. The van der Waals surface area contributed by atoms with Crippen LogP contribution < -0.4 is 5.32 Å². The maximum atomic E-state index is 11.3. The van der Waals surface area contributed by atoms with Gasteiger partial charge >= 0.3 is 5.97 Å². The number of hydrogen-bond donors (Lipinski definition) is 1. The topological polar surface area (TPSA) is 55.4 Å². The molecule has 0 amide bonds. The molecule has 0 aromatic heterocycles. The number of nitrogens with one attached hydrogen (secondary N) is 1. The number of methoxy groups -OCH3 is 1. The summed E-state index contributed by atoms with van der Waals surface area (Å²) in [6, 6.07) is 6.58. The Bertz CT molecular complexity index is 401. The van der Waals surface area contributed by atoms with Gasteiger partial charge in [0.05, 0.1) is 7.11 Å². The van der Waals surface area contributed by atoms with Gasteiger partial charge in [-0.2, -0.15) is 0 Å². The number of ketones is 1. The SMILES string of the molecule is COC(=O)C(C)Nc1ccccc1C(C)=O. The quantitative estimate of drug-likeness (QED) is 0.623. The summed E-state index contributed by atoms with van der Waals surface area (Å²) in [4.78, 5) is 22.6. The van der Waals surface area contributed by atoms with E-state index in [-0.39, 0.29) is 11.8 Å². The van der Waals surface area contributed by atoms with E-state index in [9.17, 15) is 9.59 Å². The van der Waals surface area contributed by atoms with Crippen molar-refractivity contribution in [1.82, 2.24) is 0 Å². The number of ether oxygens (including phenoxy) is 1. The molecule has 0 spiro atoms. The molecule has 0 aliphatic carbocycles. The van der Waals surface area contributed by atoms with E-state index in [1.165, 1.54) is 14.0 Å². The number of carbonyl (C=O) groups is 2. The van der Waals surface area contributed by atoms with Crippen LogP contribution in [0.5, 0.6) is 0 Å². The van der Waals surface area contributed by atoms with Gasteiger partial charge in [0.15, 0.2) is 5.78 Å². The molecule has 0 bridgehead atoms. The van der Waals surface area contributed by atoms with E-state index in [0.29, 0.717) is 11.3 Å². The fourth-order valence-electron chi connectivity index (χ4n) is 1.38. The van der Waals surface area contributed by atoms with Crippen LogP contribution >= 0.6 is 0 Å². The minimum Gasteiger partial charge on any atom is -0.467 e. The lowest BCUT2D eigenvalue weighted by Gasteiger charge is -2.14. The van der Waals surface area contributed by atoms with Gasteiger partial charge in [0.2, 0.25) is 0 Å². The second-order valence-corrected chi connectivity index (χ2v) is 3.49. The molecule has 1 aromatic carbocycles. The second kappa shape index (κ2) is 5.30. The van der Waals surface area contributed by atoms with Crippen LogP contribution in [0.4, 0.5) is 5.69 Å². The van der Waals surface area contributed by atoms with E-state index >= 15 is 0 Å². The molecule has 0 radical (unpaired) electrons. The number of hydrogen-bond acceptors (Lipinski definition) is 4. The van der Waals surface area contributed by atoms with Crippen molar-refractivity contribution in [2.75, 3.05) is 12.4 Å². The van der Waals surface area contributed by atoms with E-state index in [1.807, 2.05) is 0 Å². The van der Waals surface area contributed by atoms with Crippen LogP contribution in [0.3, 0.4) is 0 Å². The number of anilines is 1. The molecule has 0 fully saturated rings. The van der Waals surface area contributed by atoms with Gasteiger partial charge in [-0.15, -0.1) is 0 Å². The molecule has 1 unspecified atom stereocenters. The van der Waals surface area contributed by atoms with Crippen molar-refractivity contribution < 1.29 is 14.3 Å². The Kier molecular flexibility index (Phi) is 4.05. The fraction of sp³-hybridized carbons (Fsp3) is 0.333. The van der Waals surface area contributed by atoms with Gasteiger partial charge in [-0.25, -0.2) is 4.79 Å². The van der Waals surface area contributed by atoms with Gasteiger partial charge in [0.1, 0.15) is 6.04 Å². The summed E-state index contributed by atoms with van der Waals surface area (Å²) < 4.78 is 4.60. The zero-order valence-corrected chi connectivity index (χ0v) is 9.61. The van der Waals surface area contributed by atoms with Crippen LogP contribution in [0, 0.1) is 0 Å². The minimum absolute atomic E-state index is 0.0415. The van der Waals surface area contributed by atoms with Gasteiger partial charge in [-0.05, 0) is 26.0 Å². The maximum Gasteiger partial charge on any atom is 0.327 e. The average Bonchev–Trinajstić information content (AvgIpc) is 2.28. The number of Topliss-reactive ketones (excluding diaryl/α,β-unsaturated/α-hetero) is 1. The molecule has 86 valence electrons. The molecule has 1 rings (SSSR count). The summed E-state index contributed by atoms with van der Waals surface area (Å²) in [6.07, 6.45) is 0. The third-order valence-corrected chi connectivity index (χ3v) is 2.23. The van der Waals surface area contributed by atoms with Crippen LogP contribution in [0.1, 0.15) is 24.2 Å². The van der Waals surface area contributed by atoms with Gasteiger partial charge in [-0.3, -0.25) is 4.79 Å². The Morgan fingerprint density at radius 3 is 2.50 bits per heavy atom. The summed E-state index contributed by atoms with van der Waals surface area (Å²) in [5.41, 5.74) is 1.21. The highest BCUT2D eigenvalue weighted by Crippen LogP contribution is 2.16. The molecule has 0 heterocycles. The molecule has 0 aliphatic rings. The van der Waals surface area contributed by atoms with Crippen molar-refractivity contribution >= 4 is 17.4 Å². The van der Waals surface area contributed by atoms with Crippen LogP contribution in [-0.4, -0.2) is 24.9 Å². The van der Waals surface area contributed by atoms with Crippen molar-refractivity contribution in [3.05, 3.63) is 29.8 Å². The summed E-state index contributed by atoms with van der Waals surface area (Å²) in [5.74, 6) is -0.404. The van der Waals surface area contributed by atoms with E-state index in [2.05, 4.69) is 10.1 Å². The molecular weight excluding hydrogens is 206 g/mol. The number of para-hydroxylation sites is 1. The van der Waals surface area contributed by atoms with Crippen molar-refractivity contribution in [2.24, 2.45) is 0 Å². The third-order valence-electron chi connectivity index (χ3n) is 2.23. The van der Waals surface area contributed by atoms with Gasteiger partial charge in [0, 0.05) is 11.3 Å². The lowest BCUT2D eigenvalue weighted by Crippen LogP contribution is -2.27. The normalized spacial score (nSPS) is 11.7. The Morgan fingerprint density at radius 1 is 1.31 bits per heavy atom. The fourth-order valence-corrected chi connectivity index (χ4v) is 1.38. The Morgan fingerprint density at radius 2 is 1.94 bits per heavy atom. The Hall–Kier alpha value is -1.84. The highest BCUT2D eigenvalue weighted by atomic mass is 16.5. The highest BCUT2D eigenvalue weighted by molar-refractivity contribution is 6.00. The number of rotatable bonds is 4. The van der Waals surface area contributed by atoms with E-state index in [1.54, 1.807) is 31.2 Å². The van der Waals surface area contributed by atoms with Crippen molar-refractivity contribution in [2.45, 2.75) is 19.9 Å². The zero-order valence-electron chi connectivity index (χ0n) is 9.61. The zero-order chi connectivity index (χ0) is 12.1. The maximum absolute atomic E-state index is 11.3. The molecule has 16 heavy (non-hydrogen) atoms. The minimum atomic E-state index is -0.481. The summed E-state index contributed by atoms with van der Waals surface area (Å²) in [5, 5.41) is 2.95. The summed E-state index contributed by atoms with van der Waals surface area (Å²) in [6.45, 7) is 3.17. The van der Waals surface area contributed by atoms with Gasteiger partial charge < -0.3 is 10.1 Å². The van der Waals surface area contributed by atoms with Crippen LogP contribution in [-0.2, 0) is 9.53 Å². The Labute approximate surface area is 94.6 Å². The Balaban J connectivity index is 2.88. The molecule has 0 saturated carbocycles. The van der Waals surface area contributed by atoms with Crippen molar-refractivity contribution in [3.63, 3.8) is 0 Å². The molecule has 1 atom stereocenters. The first-order chi connectivity index (χ1) is 7.56. The number of benzene rings is 1. The number of esters is 1. The van der Waals surface area contributed by atoms with Crippen LogP contribution in [0.2, 0.25) is 0 Å². The first-order valence-electron chi connectivity index (χ1n) is 5.00. The second-order valence-electron chi connectivity index (χ2n) is 3.49. The summed E-state index contributed by atoms with van der Waals surface area (Å²) >= 11 is 0. The largest absolute Gasteiger partial charge is 0.467 e. The van der Waals surface area contributed by atoms with Gasteiger partial charge in [-0.1, -0.05) is 12.1 Å². The molecule has 1 aromatic rings. The molecule has 4 heteroatoms. The van der Waals surface area contributed by atoms with E-state index in [0.717, 1.165) is 0 Å². The first-order valence-corrected chi connectivity index (χ1v) is 5.00. The van der Waals surface area contributed by atoms with Gasteiger partial charge in [0.25, 0.3) is 0 Å². The van der Waals surface area contributed by atoms with Crippen molar-refractivity contribution in [1.29, 1.82) is 0 Å². The number of carbonyl (C=O) groups excluding carboxylic acids is 2. The van der Waals surface area contributed by atoms with E-state index < -0.39 is 6.04 Å². The third kappa shape index (κ3) is 2.82. The monoisotopic (exact) mass is 221 g/mol. The molecular formula is C12H15NO3. The molecule has 0 aliphatic heterocycles. The van der Waals surface area contributed by atoms with E-state index in [4.69, 9.17) is 0 Å². The lowest BCUT2D eigenvalue weighted by atomic mass is 10.1. The predicted octanol–water partition coefficient (Wildman–Crippen LogP) is 1.86. The van der Waals surface area contributed by atoms with Crippen molar-refractivity contribution in [3.8, 4) is 0 Å². The first kappa shape index (κ1) is 12.2. The average molecular weight is 221 g/mol. The predicted molar refractivity (Wildman–Crippen MR) is 61.5 cm³/mol. The molecule has 4 nitrogen and oxygen atoms in total. The standard InChI is InChI=1S/C12H15NO3/c1-8(12(15)16-3)13-11-7-5-4-6-10(11)9(2)14/h4-8,13H,1-3H3.